The van der Waals surface area contributed by atoms with E-state index in [4.69, 9.17) is 5.73 Å². The number of rotatable bonds is 7. The number of anilines is 1. The molecule has 4 nitrogen and oxygen atoms in total. The van der Waals surface area contributed by atoms with Gasteiger partial charge >= 0.3 is 0 Å². The Morgan fingerprint density at radius 2 is 2.00 bits per heavy atom. The fourth-order valence-electron chi connectivity index (χ4n) is 2.49. The molecule has 0 aliphatic heterocycles. The van der Waals surface area contributed by atoms with Gasteiger partial charge in [-0.05, 0) is 48.3 Å². The van der Waals surface area contributed by atoms with Gasteiger partial charge in [-0.3, -0.25) is 4.79 Å². The molecule has 1 heterocycles. The van der Waals surface area contributed by atoms with Crippen molar-refractivity contribution in [3.05, 3.63) is 59.1 Å². The number of carbonyl (C=O) groups excluding carboxylic acids is 1. The summed E-state index contributed by atoms with van der Waals surface area (Å²) in [7, 11) is 0. The summed E-state index contributed by atoms with van der Waals surface area (Å²) in [5, 5.41) is 3.97. The maximum atomic E-state index is 12.0. The Hall–Kier alpha value is -1.89. The second-order valence-electron chi connectivity index (χ2n) is 5.83. The molecule has 0 saturated heterocycles. The summed E-state index contributed by atoms with van der Waals surface area (Å²) in [5.41, 5.74) is 8.88. The molecular weight excluding hydrogens is 350 g/mol. The molecule has 1 aromatic heterocycles. The number of carbonyl (C=O) groups is 1. The Labute approximate surface area is 155 Å². The van der Waals surface area contributed by atoms with Crippen molar-refractivity contribution in [1.29, 1.82) is 0 Å². The van der Waals surface area contributed by atoms with Crippen molar-refractivity contribution in [2.24, 2.45) is 5.73 Å². The minimum Gasteiger partial charge on any atom is -0.325 e. The zero-order valence-corrected chi connectivity index (χ0v) is 15.7. The molecule has 3 rings (SSSR count). The largest absolute Gasteiger partial charge is 0.325 e. The number of amides is 1. The van der Waals surface area contributed by atoms with Crippen LogP contribution in [-0.2, 0) is 11.2 Å². The lowest BCUT2D eigenvalue weighted by Gasteiger charge is -2.11. The molecule has 1 atom stereocenters. The number of hydrogen-bond acceptors (Lipinski definition) is 5. The van der Waals surface area contributed by atoms with Crippen molar-refractivity contribution in [1.82, 2.24) is 4.98 Å². The lowest BCUT2D eigenvalue weighted by molar-refractivity contribution is -0.117. The average Bonchev–Trinajstić information content (AvgIpc) is 3.03. The first kappa shape index (κ1) is 17.9. The van der Waals surface area contributed by atoms with Gasteiger partial charge in [-0.2, -0.15) is 11.8 Å². The van der Waals surface area contributed by atoms with Crippen LogP contribution in [0.1, 0.15) is 17.0 Å². The maximum Gasteiger partial charge on any atom is 0.241 e. The van der Waals surface area contributed by atoms with E-state index in [9.17, 15) is 4.79 Å². The predicted molar refractivity (Wildman–Crippen MR) is 108 cm³/mol. The summed E-state index contributed by atoms with van der Waals surface area (Å²) in [6, 6.07) is 15.6. The van der Waals surface area contributed by atoms with Crippen LogP contribution in [0.4, 0.5) is 5.69 Å². The Bertz CT molecular complexity index is 812. The van der Waals surface area contributed by atoms with Crippen LogP contribution < -0.4 is 11.1 Å². The first-order chi connectivity index (χ1) is 12.2. The SMILES string of the molecule is CSCC[C@H](N)C(=O)Nc1ccc(Cc2nc3ccccc3s2)cc1. The van der Waals surface area contributed by atoms with Crippen LogP contribution in [0.2, 0.25) is 0 Å². The Kier molecular flexibility index (Phi) is 6.07. The Morgan fingerprint density at radius 1 is 1.24 bits per heavy atom. The van der Waals surface area contributed by atoms with Crippen LogP contribution in [0.25, 0.3) is 10.2 Å². The maximum absolute atomic E-state index is 12.0. The molecule has 130 valence electrons. The van der Waals surface area contributed by atoms with E-state index in [2.05, 4.69) is 16.4 Å². The van der Waals surface area contributed by atoms with Crippen molar-refractivity contribution < 1.29 is 4.79 Å². The van der Waals surface area contributed by atoms with E-state index in [-0.39, 0.29) is 5.91 Å². The lowest BCUT2D eigenvalue weighted by Crippen LogP contribution is -2.36. The lowest BCUT2D eigenvalue weighted by atomic mass is 10.1. The van der Waals surface area contributed by atoms with Crippen LogP contribution in [0.5, 0.6) is 0 Å². The van der Waals surface area contributed by atoms with Crippen molar-refractivity contribution in [2.45, 2.75) is 18.9 Å². The van der Waals surface area contributed by atoms with Gasteiger partial charge in [0.15, 0.2) is 0 Å². The fraction of sp³-hybridized carbons (Fsp3) is 0.263. The second kappa shape index (κ2) is 8.47. The number of thioether (sulfide) groups is 1. The standard InChI is InChI=1S/C19H21N3OS2/c1-24-11-10-15(20)19(23)21-14-8-6-13(7-9-14)12-18-22-16-4-2-3-5-17(16)25-18/h2-9,15H,10-12,20H2,1H3,(H,21,23)/t15-/m0/s1. The number of aromatic nitrogens is 1. The van der Waals surface area contributed by atoms with Crippen molar-refractivity contribution >= 4 is 44.9 Å². The first-order valence-electron chi connectivity index (χ1n) is 8.14. The molecule has 3 aromatic rings. The van der Waals surface area contributed by atoms with Crippen molar-refractivity contribution in [2.75, 3.05) is 17.3 Å². The van der Waals surface area contributed by atoms with Crippen LogP contribution in [0.15, 0.2) is 48.5 Å². The number of fused-ring (bicyclic) bond motifs is 1. The molecule has 3 N–H and O–H groups in total. The van der Waals surface area contributed by atoms with Crippen LogP contribution >= 0.6 is 23.1 Å². The summed E-state index contributed by atoms with van der Waals surface area (Å²) >= 11 is 3.41. The van der Waals surface area contributed by atoms with Crippen LogP contribution in [0.3, 0.4) is 0 Å². The highest BCUT2D eigenvalue weighted by Gasteiger charge is 2.13. The highest BCUT2D eigenvalue weighted by molar-refractivity contribution is 7.98. The number of nitrogens with two attached hydrogens (primary N) is 1. The third-order valence-corrected chi connectivity index (χ3v) is 5.57. The minimum absolute atomic E-state index is 0.132. The molecule has 0 unspecified atom stereocenters. The van der Waals surface area contributed by atoms with Crippen LogP contribution in [-0.4, -0.2) is 28.9 Å². The zero-order chi connectivity index (χ0) is 17.6. The normalized spacial score (nSPS) is 12.2. The van der Waals surface area contributed by atoms with Gasteiger partial charge < -0.3 is 11.1 Å². The van der Waals surface area contributed by atoms with Crippen molar-refractivity contribution in [3.8, 4) is 0 Å². The van der Waals surface area contributed by atoms with E-state index in [1.165, 1.54) is 10.3 Å². The molecule has 1 amide bonds. The highest BCUT2D eigenvalue weighted by Crippen LogP contribution is 2.24. The Balaban J connectivity index is 1.61. The molecule has 25 heavy (non-hydrogen) atoms. The molecule has 0 radical (unpaired) electrons. The summed E-state index contributed by atoms with van der Waals surface area (Å²) in [5.74, 6) is 0.753. The third kappa shape index (κ3) is 4.81. The molecule has 0 bridgehead atoms. The number of benzene rings is 2. The monoisotopic (exact) mass is 371 g/mol. The van der Waals surface area contributed by atoms with Gasteiger partial charge in [-0.15, -0.1) is 11.3 Å². The molecule has 0 aliphatic rings. The molecule has 0 aliphatic carbocycles. The zero-order valence-electron chi connectivity index (χ0n) is 14.1. The summed E-state index contributed by atoms with van der Waals surface area (Å²) in [4.78, 5) is 16.7. The van der Waals surface area contributed by atoms with E-state index < -0.39 is 6.04 Å². The van der Waals surface area contributed by atoms with E-state index >= 15 is 0 Å². The fourth-order valence-corrected chi connectivity index (χ4v) is 3.98. The number of nitrogens with zero attached hydrogens (tertiary/aromatic N) is 1. The molecule has 0 fully saturated rings. The minimum atomic E-state index is -0.463. The molecule has 6 heteroatoms. The van der Waals surface area contributed by atoms with Crippen molar-refractivity contribution in [3.63, 3.8) is 0 Å². The topological polar surface area (TPSA) is 68.0 Å². The quantitative estimate of drug-likeness (QED) is 0.661. The molecule has 2 aromatic carbocycles. The van der Waals surface area contributed by atoms with E-state index in [0.717, 1.165) is 28.4 Å². The van der Waals surface area contributed by atoms with Crippen LogP contribution in [0, 0.1) is 0 Å². The van der Waals surface area contributed by atoms with Gasteiger partial charge in [0.25, 0.3) is 0 Å². The van der Waals surface area contributed by atoms with Gasteiger partial charge in [0.2, 0.25) is 5.91 Å². The Morgan fingerprint density at radius 3 is 2.72 bits per heavy atom. The van der Waals surface area contributed by atoms with Gasteiger partial charge in [-0.1, -0.05) is 24.3 Å². The average molecular weight is 372 g/mol. The highest BCUT2D eigenvalue weighted by atomic mass is 32.2. The number of thiazole rings is 1. The number of para-hydroxylation sites is 1. The summed E-state index contributed by atoms with van der Waals surface area (Å²) < 4.78 is 1.21. The van der Waals surface area contributed by atoms with E-state index in [1.54, 1.807) is 23.1 Å². The first-order valence-corrected chi connectivity index (χ1v) is 10.4. The molecule has 0 saturated carbocycles. The van der Waals surface area contributed by atoms with Gasteiger partial charge in [0.05, 0.1) is 21.3 Å². The summed E-state index contributed by atoms with van der Waals surface area (Å²) in [6.45, 7) is 0. The van der Waals surface area contributed by atoms with Gasteiger partial charge in [0, 0.05) is 12.1 Å². The van der Waals surface area contributed by atoms with E-state index in [0.29, 0.717) is 6.42 Å². The predicted octanol–water partition coefficient (Wildman–Crippen LogP) is 3.91. The smallest absolute Gasteiger partial charge is 0.241 e. The number of hydrogen-bond donors (Lipinski definition) is 2. The van der Waals surface area contributed by atoms with Gasteiger partial charge in [-0.25, -0.2) is 4.98 Å². The third-order valence-electron chi connectivity index (χ3n) is 3.88. The van der Waals surface area contributed by atoms with E-state index in [1.807, 2.05) is 48.7 Å². The summed E-state index contributed by atoms with van der Waals surface area (Å²) in [6.07, 6.45) is 3.48. The molecular formula is C19H21N3OS2. The second-order valence-corrected chi connectivity index (χ2v) is 7.93. The molecule has 0 spiro atoms. The number of nitrogens with one attached hydrogen (secondary N) is 1. The van der Waals surface area contributed by atoms with Gasteiger partial charge in [0.1, 0.15) is 0 Å².